The van der Waals surface area contributed by atoms with E-state index >= 15 is 0 Å². The topological polar surface area (TPSA) is 67.5 Å². The number of rotatable bonds is 6. The van der Waals surface area contributed by atoms with Gasteiger partial charge in [0, 0.05) is 46.7 Å². The number of nitrogens with one attached hydrogen (secondary N) is 1. The van der Waals surface area contributed by atoms with E-state index in [0.29, 0.717) is 6.54 Å². The molecule has 0 bridgehead atoms. The van der Waals surface area contributed by atoms with E-state index in [2.05, 4.69) is 51.5 Å². The Kier molecular flexibility index (Phi) is 8.53. The Morgan fingerprint density at radius 3 is 2.71 bits per heavy atom. The Morgan fingerprint density at radius 2 is 2.04 bits per heavy atom. The first kappa shape index (κ1) is 22.4. The van der Waals surface area contributed by atoms with E-state index in [4.69, 9.17) is 0 Å². The molecule has 0 saturated heterocycles. The number of guanidine groups is 1. The van der Waals surface area contributed by atoms with Gasteiger partial charge in [0.15, 0.2) is 5.96 Å². The molecule has 3 rings (SSSR count). The van der Waals surface area contributed by atoms with Gasteiger partial charge in [-0.05, 0) is 31.7 Å². The minimum atomic E-state index is 0. The minimum absolute atomic E-state index is 0. The summed E-state index contributed by atoms with van der Waals surface area (Å²) in [6.07, 6.45) is 3.94. The summed E-state index contributed by atoms with van der Waals surface area (Å²) in [7, 11) is 3.82. The van der Waals surface area contributed by atoms with Gasteiger partial charge >= 0.3 is 5.69 Å². The summed E-state index contributed by atoms with van der Waals surface area (Å²) in [6.45, 7) is 5.08. The van der Waals surface area contributed by atoms with Crippen molar-refractivity contribution >= 4 is 29.9 Å². The fourth-order valence-corrected chi connectivity index (χ4v) is 3.45. The van der Waals surface area contributed by atoms with Crippen LogP contribution in [-0.4, -0.2) is 45.8 Å². The Morgan fingerprint density at radius 1 is 1.29 bits per heavy atom. The predicted molar refractivity (Wildman–Crippen MR) is 123 cm³/mol. The van der Waals surface area contributed by atoms with Gasteiger partial charge < -0.3 is 10.2 Å². The lowest BCUT2D eigenvalue weighted by Crippen LogP contribution is -2.39. The average Bonchev–Trinajstić information content (AvgIpc) is 3.00. The van der Waals surface area contributed by atoms with Crippen LogP contribution >= 0.6 is 24.0 Å². The maximum atomic E-state index is 12.3. The molecule has 1 aromatic carbocycles. The van der Waals surface area contributed by atoms with Crippen LogP contribution in [0.4, 0.5) is 0 Å². The van der Waals surface area contributed by atoms with Gasteiger partial charge in [-0.2, -0.15) is 5.10 Å². The van der Waals surface area contributed by atoms with Crippen molar-refractivity contribution < 1.29 is 0 Å². The summed E-state index contributed by atoms with van der Waals surface area (Å²) in [4.78, 5) is 18.8. The molecule has 2 heterocycles. The number of aliphatic imine (C=N–C) groups is 1. The number of nitrogens with zero attached hydrogens (tertiary/aromatic N) is 5. The zero-order valence-electron chi connectivity index (χ0n) is 17.0. The van der Waals surface area contributed by atoms with Crippen LogP contribution in [0.5, 0.6) is 0 Å². The normalized spacial score (nSPS) is 13.6. The van der Waals surface area contributed by atoms with Crippen LogP contribution in [-0.2, 0) is 26.1 Å². The second-order valence-electron chi connectivity index (χ2n) is 7.20. The van der Waals surface area contributed by atoms with Crippen LogP contribution in [0.1, 0.15) is 36.2 Å². The predicted octanol–water partition coefficient (Wildman–Crippen LogP) is 2.41. The third-order valence-electron chi connectivity index (χ3n) is 4.98. The van der Waals surface area contributed by atoms with Crippen LogP contribution in [0.3, 0.4) is 0 Å². The first-order valence-corrected chi connectivity index (χ1v) is 9.72. The molecule has 0 aliphatic carbocycles. The van der Waals surface area contributed by atoms with Crippen LogP contribution in [0, 0.1) is 6.92 Å². The molecule has 0 atom stereocenters. The Labute approximate surface area is 183 Å². The van der Waals surface area contributed by atoms with E-state index in [-0.39, 0.29) is 29.7 Å². The number of halogens is 1. The zero-order chi connectivity index (χ0) is 19.2. The highest BCUT2D eigenvalue weighted by molar-refractivity contribution is 14.0. The Bertz CT molecular complexity index is 839. The average molecular weight is 498 g/mol. The van der Waals surface area contributed by atoms with Gasteiger partial charge in [-0.3, -0.25) is 9.56 Å². The van der Waals surface area contributed by atoms with Gasteiger partial charge in [-0.25, -0.2) is 9.48 Å². The van der Waals surface area contributed by atoms with Crippen molar-refractivity contribution in [1.82, 2.24) is 24.6 Å². The molecule has 1 N–H and O–H groups in total. The fourth-order valence-electron chi connectivity index (χ4n) is 3.45. The largest absolute Gasteiger partial charge is 0.356 e. The lowest BCUT2D eigenvalue weighted by atomic mass is 10.1. The van der Waals surface area contributed by atoms with Crippen LogP contribution in [0.2, 0.25) is 0 Å². The molecule has 1 aromatic heterocycles. The fraction of sp³-hybridized carbons (Fsp3) is 0.550. The monoisotopic (exact) mass is 498 g/mol. The summed E-state index contributed by atoms with van der Waals surface area (Å²) < 4.78 is 3.44. The quantitative estimate of drug-likeness (QED) is 0.288. The molecule has 0 fully saturated rings. The molecule has 2 aromatic rings. The number of hydrogen-bond donors (Lipinski definition) is 1. The maximum absolute atomic E-state index is 12.3. The van der Waals surface area contributed by atoms with Gasteiger partial charge in [0.2, 0.25) is 0 Å². The van der Waals surface area contributed by atoms with E-state index in [0.717, 1.165) is 57.1 Å². The highest BCUT2D eigenvalue weighted by Crippen LogP contribution is 2.09. The Balaban J connectivity index is 0.00000280. The molecule has 28 heavy (non-hydrogen) atoms. The number of benzene rings is 1. The van der Waals surface area contributed by atoms with Crippen LogP contribution < -0.4 is 11.0 Å². The Hall–Kier alpha value is -1.84. The molecule has 0 saturated carbocycles. The van der Waals surface area contributed by atoms with Crippen molar-refractivity contribution in [3.8, 4) is 0 Å². The lowest BCUT2D eigenvalue weighted by Gasteiger charge is -2.22. The number of aromatic nitrogens is 3. The van der Waals surface area contributed by atoms with Crippen molar-refractivity contribution in [3.63, 3.8) is 0 Å². The van der Waals surface area contributed by atoms with E-state index in [1.807, 2.05) is 11.6 Å². The van der Waals surface area contributed by atoms with Gasteiger partial charge in [-0.1, -0.05) is 29.8 Å². The van der Waals surface area contributed by atoms with E-state index in [9.17, 15) is 4.79 Å². The van der Waals surface area contributed by atoms with Gasteiger partial charge in [0.25, 0.3) is 0 Å². The minimum Gasteiger partial charge on any atom is -0.356 e. The van der Waals surface area contributed by atoms with Crippen LogP contribution in [0.15, 0.2) is 34.1 Å². The van der Waals surface area contributed by atoms with Crippen molar-refractivity contribution in [2.24, 2.45) is 4.99 Å². The SMILES string of the molecule is CN=C(NCCCn1nc2n(c1=O)CCCC2)N(C)Cc1ccc(C)cc1.I. The summed E-state index contributed by atoms with van der Waals surface area (Å²) >= 11 is 0. The molecule has 8 heteroatoms. The van der Waals surface area contributed by atoms with Gasteiger partial charge in [-0.15, -0.1) is 24.0 Å². The van der Waals surface area contributed by atoms with Gasteiger partial charge in [0.05, 0.1) is 0 Å². The molecule has 1 aliphatic heterocycles. The van der Waals surface area contributed by atoms with Crippen molar-refractivity contribution in [1.29, 1.82) is 0 Å². The molecule has 154 valence electrons. The third kappa shape index (κ3) is 5.59. The molecule has 0 radical (unpaired) electrons. The highest BCUT2D eigenvalue weighted by Gasteiger charge is 2.16. The first-order chi connectivity index (χ1) is 13.1. The summed E-state index contributed by atoms with van der Waals surface area (Å²) in [5.74, 6) is 1.79. The standard InChI is InChI=1S/C20H30N6O.HI/c1-16-8-10-17(11-9-16)15-24(3)19(21-2)22-12-6-14-26-20(27)25-13-5-4-7-18(25)23-26;/h8-11H,4-7,12-15H2,1-3H3,(H,21,22);1H. The second-order valence-corrected chi connectivity index (χ2v) is 7.20. The second kappa shape index (κ2) is 10.6. The molecule has 1 aliphatic rings. The first-order valence-electron chi connectivity index (χ1n) is 9.72. The van der Waals surface area contributed by atoms with Crippen molar-refractivity contribution in [3.05, 3.63) is 51.7 Å². The number of fused-ring (bicyclic) bond motifs is 1. The zero-order valence-corrected chi connectivity index (χ0v) is 19.3. The smallest absolute Gasteiger partial charge is 0.345 e. The van der Waals surface area contributed by atoms with Crippen LogP contribution in [0.25, 0.3) is 0 Å². The molecule has 0 amide bonds. The number of hydrogen-bond acceptors (Lipinski definition) is 3. The molecule has 0 spiro atoms. The van der Waals surface area contributed by atoms with Crippen molar-refractivity contribution in [2.45, 2.75) is 52.2 Å². The van der Waals surface area contributed by atoms with E-state index in [1.54, 1.807) is 11.7 Å². The summed E-state index contributed by atoms with van der Waals surface area (Å²) in [6, 6.07) is 8.54. The van der Waals surface area contributed by atoms with E-state index in [1.165, 1.54) is 11.1 Å². The third-order valence-corrected chi connectivity index (χ3v) is 4.98. The van der Waals surface area contributed by atoms with E-state index < -0.39 is 0 Å². The molecular weight excluding hydrogens is 467 g/mol. The van der Waals surface area contributed by atoms with Gasteiger partial charge in [0.1, 0.15) is 5.82 Å². The summed E-state index contributed by atoms with van der Waals surface area (Å²) in [5.41, 5.74) is 2.55. The number of aryl methyl sites for hydroxylation is 3. The summed E-state index contributed by atoms with van der Waals surface area (Å²) in [5, 5.41) is 7.86. The molecule has 0 unspecified atom stereocenters. The lowest BCUT2D eigenvalue weighted by molar-refractivity contribution is 0.469. The highest BCUT2D eigenvalue weighted by atomic mass is 127. The van der Waals surface area contributed by atoms with Crippen molar-refractivity contribution in [2.75, 3.05) is 20.6 Å². The molecule has 7 nitrogen and oxygen atoms in total. The molecular formula is C20H31IN6O. The maximum Gasteiger partial charge on any atom is 0.345 e.